The Kier molecular flexibility index (Phi) is 5.15. The summed E-state index contributed by atoms with van der Waals surface area (Å²) >= 11 is 0. The van der Waals surface area contributed by atoms with E-state index >= 15 is 0 Å². The molecule has 9 heteroatoms. The van der Waals surface area contributed by atoms with Gasteiger partial charge in [-0.05, 0) is 13.0 Å². The molecule has 1 aromatic rings. The van der Waals surface area contributed by atoms with Crippen LogP contribution in [0.5, 0.6) is 0 Å². The van der Waals surface area contributed by atoms with Gasteiger partial charge in [0.1, 0.15) is 22.6 Å². The second-order valence-corrected chi connectivity index (χ2v) is 5.51. The van der Waals surface area contributed by atoms with E-state index in [4.69, 9.17) is 14.6 Å². The Hall–Kier alpha value is -1.58. The van der Waals surface area contributed by atoms with Crippen LogP contribution in [-0.4, -0.2) is 34.2 Å². The molecule has 0 radical (unpaired) electrons. The first-order valence-corrected chi connectivity index (χ1v) is 6.93. The van der Waals surface area contributed by atoms with Crippen molar-refractivity contribution >= 4 is 16.0 Å². The number of nitrogens with two attached hydrogens (primary N) is 1. The molecule has 0 aliphatic heterocycles. The van der Waals surface area contributed by atoms with E-state index in [0.29, 0.717) is 6.07 Å². The number of hydrogen-bond acceptors (Lipinski definition) is 5. The Bertz CT molecular complexity index is 617. The predicted octanol–water partition coefficient (Wildman–Crippen LogP) is 0.804. The number of hydrogen-bond donors (Lipinski definition) is 1. The van der Waals surface area contributed by atoms with Gasteiger partial charge < -0.3 is 9.47 Å². The summed E-state index contributed by atoms with van der Waals surface area (Å²) < 4.78 is 58.5. The van der Waals surface area contributed by atoms with E-state index in [-0.39, 0.29) is 12.7 Å². The van der Waals surface area contributed by atoms with Crippen LogP contribution in [0.4, 0.5) is 8.78 Å². The van der Waals surface area contributed by atoms with Gasteiger partial charge >= 0.3 is 5.97 Å². The molecule has 0 fully saturated rings. The summed E-state index contributed by atoms with van der Waals surface area (Å²) in [5.41, 5.74) is -0.724. The Balaban J connectivity index is 3.16. The first kappa shape index (κ1) is 16.5. The van der Waals surface area contributed by atoms with Gasteiger partial charge in [0.15, 0.2) is 0 Å². The van der Waals surface area contributed by atoms with Crippen LogP contribution >= 0.6 is 0 Å². The van der Waals surface area contributed by atoms with E-state index in [0.717, 1.165) is 0 Å². The number of carbonyl (C=O) groups excluding carboxylic acids is 1. The number of halogens is 2. The molecule has 0 spiro atoms. The standard InChI is InChI=1S/C11H13F2NO5S/c1-6(5-18-2)19-11(15)7-3-10(20(14,16)17)9(13)4-8(7)12/h3-4,6H,5H2,1-2H3,(H2,14,16,17). The molecule has 0 aromatic heterocycles. The lowest BCUT2D eigenvalue weighted by molar-refractivity contribution is 0.0115. The highest BCUT2D eigenvalue weighted by atomic mass is 32.2. The van der Waals surface area contributed by atoms with E-state index in [9.17, 15) is 22.0 Å². The molecule has 1 atom stereocenters. The molecule has 0 amide bonds. The van der Waals surface area contributed by atoms with Crippen LogP contribution in [-0.2, 0) is 19.5 Å². The minimum absolute atomic E-state index is 0.0661. The average Bonchev–Trinajstić information content (AvgIpc) is 2.26. The highest BCUT2D eigenvalue weighted by Crippen LogP contribution is 2.19. The number of carbonyl (C=O) groups is 1. The lowest BCUT2D eigenvalue weighted by Gasteiger charge is -2.13. The van der Waals surface area contributed by atoms with Crippen molar-refractivity contribution in [2.75, 3.05) is 13.7 Å². The third-order valence-corrected chi connectivity index (χ3v) is 3.18. The summed E-state index contributed by atoms with van der Waals surface area (Å²) in [5.74, 6) is -3.77. The van der Waals surface area contributed by atoms with E-state index in [1.807, 2.05) is 0 Å². The number of ether oxygens (including phenoxy) is 2. The van der Waals surface area contributed by atoms with Crippen LogP contribution in [0, 0.1) is 11.6 Å². The molecule has 1 unspecified atom stereocenters. The van der Waals surface area contributed by atoms with Gasteiger partial charge in [0, 0.05) is 13.2 Å². The largest absolute Gasteiger partial charge is 0.457 e. The van der Waals surface area contributed by atoms with Gasteiger partial charge in [-0.3, -0.25) is 0 Å². The Morgan fingerprint density at radius 1 is 1.35 bits per heavy atom. The minimum Gasteiger partial charge on any atom is -0.457 e. The van der Waals surface area contributed by atoms with Gasteiger partial charge in [-0.2, -0.15) is 0 Å². The summed E-state index contributed by atoms with van der Waals surface area (Å²) in [6.07, 6.45) is -0.685. The van der Waals surface area contributed by atoms with Crippen molar-refractivity contribution in [3.05, 3.63) is 29.3 Å². The van der Waals surface area contributed by atoms with Gasteiger partial charge in [-0.1, -0.05) is 0 Å². The molecule has 0 saturated heterocycles. The van der Waals surface area contributed by atoms with Crippen molar-refractivity contribution in [1.82, 2.24) is 0 Å². The monoisotopic (exact) mass is 309 g/mol. The lowest BCUT2D eigenvalue weighted by atomic mass is 10.2. The molecule has 6 nitrogen and oxygen atoms in total. The maximum Gasteiger partial charge on any atom is 0.341 e. The average molecular weight is 309 g/mol. The normalized spacial score (nSPS) is 13.1. The van der Waals surface area contributed by atoms with E-state index in [1.54, 1.807) is 0 Å². The molecular formula is C11H13F2NO5S. The molecule has 1 aromatic carbocycles. The molecule has 0 heterocycles. The SMILES string of the molecule is COCC(C)OC(=O)c1cc(S(N)(=O)=O)c(F)cc1F. The van der Waals surface area contributed by atoms with E-state index < -0.39 is 44.2 Å². The molecule has 0 aliphatic rings. The predicted molar refractivity (Wildman–Crippen MR) is 64.5 cm³/mol. The highest BCUT2D eigenvalue weighted by molar-refractivity contribution is 7.89. The molecule has 0 bridgehead atoms. The molecule has 2 N–H and O–H groups in total. The topological polar surface area (TPSA) is 95.7 Å². The quantitative estimate of drug-likeness (QED) is 0.812. The second kappa shape index (κ2) is 6.25. The lowest BCUT2D eigenvalue weighted by Crippen LogP contribution is -2.21. The third-order valence-electron chi connectivity index (χ3n) is 2.26. The van der Waals surface area contributed by atoms with Gasteiger partial charge in [-0.25, -0.2) is 27.1 Å². The van der Waals surface area contributed by atoms with Crippen LogP contribution in [0.2, 0.25) is 0 Å². The number of rotatable bonds is 5. The summed E-state index contributed by atoms with van der Waals surface area (Å²) in [6.45, 7) is 1.56. The molecule has 1 rings (SSSR count). The minimum atomic E-state index is -4.42. The molecule has 0 saturated carbocycles. The first-order valence-electron chi connectivity index (χ1n) is 5.38. The Morgan fingerprint density at radius 3 is 2.45 bits per heavy atom. The number of benzene rings is 1. The van der Waals surface area contributed by atoms with Crippen molar-refractivity contribution in [3.8, 4) is 0 Å². The van der Waals surface area contributed by atoms with Gasteiger partial charge in [0.25, 0.3) is 0 Å². The smallest absolute Gasteiger partial charge is 0.341 e. The van der Waals surface area contributed by atoms with Crippen molar-refractivity contribution in [3.63, 3.8) is 0 Å². The number of sulfonamides is 1. The van der Waals surface area contributed by atoms with Gasteiger partial charge in [0.05, 0.1) is 12.2 Å². The fraction of sp³-hybridized carbons (Fsp3) is 0.364. The fourth-order valence-corrected chi connectivity index (χ4v) is 2.03. The molecule has 20 heavy (non-hydrogen) atoms. The maximum absolute atomic E-state index is 13.5. The third kappa shape index (κ3) is 3.95. The number of esters is 1. The van der Waals surface area contributed by atoms with Crippen molar-refractivity contribution in [2.45, 2.75) is 17.9 Å². The zero-order valence-electron chi connectivity index (χ0n) is 10.7. The van der Waals surface area contributed by atoms with Gasteiger partial charge in [0.2, 0.25) is 10.0 Å². The number of primary sulfonamides is 1. The van der Waals surface area contributed by atoms with E-state index in [2.05, 4.69) is 0 Å². The van der Waals surface area contributed by atoms with E-state index in [1.165, 1.54) is 14.0 Å². The highest BCUT2D eigenvalue weighted by Gasteiger charge is 2.23. The summed E-state index contributed by atoms with van der Waals surface area (Å²) in [5, 5.41) is 4.76. The summed E-state index contributed by atoms with van der Waals surface area (Å²) in [4.78, 5) is 10.7. The van der Waals surface area contributed by atoms with Crippen LogP contribution in [0.1, 0.15) is 17.3 Å². The molecule has 0 aliphatic carbocycles. The Morgan fingerprint density at radius 2 is 1.95 bits per heavy atom. The van der Waals surface area contributed by atoms with Crippen molar-refractivity contribution in [1.29, 1.82) is 0 Å². The van der Waals surface area contributed by atoms with Crippen LogP contribution < -0.4 is 5.14 Å². The first-order chi connectivity index (χ1) is 9.16. The van der Waals surface area contributed by atoms with Crippen molar-refractivity contribution < 1.29 is 31.5 Å². The van der Waals surface area contributed by atoms with Crippen LogP contribution in [0.15, 0.2) is 17.0 Å². The van der Waals surface area contributed by atoms with Crippen LogP contribution in [0.25, 0.3) is 0 Å². The van der Waals surface area contributed by atoms with Crippen LogP contribution in [0.3, 0.4) is 0 Å². The Labute approximate surface area is 114 Å². The van der Waals surface area contributed by atoms with Gasteiger partial charge in [-0.15, -0.1) is 0 Å². The summed E-state index contributed by atoms with van der Waals surface area (Å²) in [6, 6.07) is 0.763. The maximum atomic E-state index is 13.5. The fourth-order valence-electron chi connectivity index (χ4n) is 1.42. The summed E-state index contributed by atoms with van der Waals surface area (Å²) in [7, 11) is -3.04. The second-order valence-electron chi connectivity index (χ2n) is 3.98. The van der Waals surface area contributed by atoms with Crippen molar-refractivity contribution in [2.24, 2.45) is 5.14 Å². The molecule has 112 valence electrons. The zero-order valence-corrected chi connectivity index (χ0v) is 11.5. The number of methoxy groups -OCH3 is 1. The zero-order chi connectivity index (χ0) is 15.5. The molecular weight excluding hydrogens is 296 g/mol.